The quantitative estimate of drug-likeness (QED) is 0.500. The minimum absolute atomic E-state index is 0.131. The van der Waals surface area contributed by atoms with Crippen LogP contribution in [-0.4, -0.2) is 36.4 Å². The molecule has 4 rings (SSSR count). The molecule has 3 heterocycles. The van der Waals surface area contributed by atoms with E-state index in [1.807, 2.05) is 4.90 Å². The van der Waals surface area contributed by atoms with E-state index in [0.29, 0.717) is 18.3 Å². The Bertz CT molecular complexity index is 1380. The summed E-state index contributed by atoms with van der Waals surface area (Å²) >= 11 is 5.76. The minimum Gasteiger partial charge on any atom is -0.436 e. The van der Waals surface area contributed by atoms with E-state index in [-0.39, 0.29) is 27.8 Å². The summed E-state index contributed by atoms with van der Waals surface area (Å²) in [4.78, 5) is 23.4. The fourth-order valence-electron chi connectivity index (χ4n) is 3.91. The van der Waals surface area contributed by atoms with E-state index in [9.17, 15) is 17.6 Å². The highest BCUT2D eigenvalue weighted by Crippen LogP contribution is 2.38. The van der Waals surface area contributed by atoms with E-state index in [4.69, 9.17) is 16.3 Å². The maximum absolute atomic E-state index is 14.2. The summed E-state index contributed by atoms with van der Waals surface area (Å²) in [7, 11) is -4.38. The predicted octanol–water partition coefficient (Wildman–Crippen LogP) is 4.80. The highest BCUT2D eigenvalue weighted by molar-refractivity contribution is 7.90. The second kappa shape index (κ2) is 9.43. The van der Waals surface area contributed by atoms with Gasteiger partial charge in [-0.15, -0.1) is 0 Å². The van der Waals surface area contributed by atoms with E-state index in [1.165, 1.54) is 42.5 Å². The lowest BCUT2D eigenvalue weighted by Crippen LogP contribution is -2.43. The third kappa shape index (κ3) is 4.94. The Morgan fingerprint density at radius 3 is 2.66 bits per heavy atom. The molecule has 1 atom stereocenters. The van der Waals surface area contributed by atoms with Crippen LogP contribution in [-0.2, 0) is 10.0 Å². The molecular formula is C24H24ClFN4O4S. The van der Waals surface area contributed by atoms with Crippen molar-refractivity contribution in [3.8, 4) is 11.6 Å². The number of sulfonamides is 1. The molecule has 1 saturated heterocycles. The highest BCUT2D eigenvalue weighted by atomic mass is 35.5. The van der Waals surface area contributed by atoms with Crippen molar-refractivity contribution in [1.29, 1.82) is 0 Å². The van der Waals surface area contributed by atoms with Crippen LogP contribution in [0.1, 0.15) is 37.6 Å². The van der Waals surface area contributed by atoms with Gasteiger partial charge >= 0.3 is 0 Å². The van der Waals surface area contributed by atoms with Gasteiger partial charge in [-0.1, -0.05) is 30.7 Å². The number of anilines is 1. The largest absolute Gasteiger partial charge is 0.436 e. The maximum atomic E-state index is 14.2. The zero-order chi connectivity index (χ0) is 25.4. The third-order valence-electron chi connectivity index (χ3n) is 6.31. The first-order valence-corrected chi connectivity index (χ1v) is 12.8. The number of ether oxygens (including phenoxy) is 1. The number of nitrogens with zero attached hydrogens (tertiary/aromatic N) is 3. The molecule has 1 N–H and O–H groups in total. The molecule has 0 bridgehead atoms. The average molecular weight is 519 g/mol. The summed E-state index contributed by atoms with van der Waals surface area (Å²) in [6.45, 7) is 6.95. The molecule has 8 nitrogen and oxygen atoms in total. The second-order valence-corrected chi connectivity index (χ2v) is 10.8. The molecular weight excluding hydrogens is 495 g/mol. The van der Waals surface area contributed by atoms with Crippen LogP contribution >= 0.6 is 11.6 Å². The van der Waals surface area contributed by atoms with Crippen molar-refractivity contribution in [3.05, 3.63) is 71.1 Å². The van der Waals surface area contributed by atoms with Gasteiger partial charge in [0, 0.05) is 24.3 Å². The molecule has 1 amide bonds. The molecule has 3 aromatic rings. The number of hydrogen-bond acceptors (Lipinski definition) is 7. The molecule has 1 aliphatic rings. The molecule has 1 aliphatic heterocycles. The Morgan fingerprint density at radius 2 is 1.94 bits per heavy atom. The van der Waals surface area contributed by atoms with Crippen LogP contribution in [0.15, 0.2) is 59.8 Å². The molecule has 1 unspecified atom stereocenters. The monoisotopic (exact) mass is 518 g/mol. The lowest BCUT2D eigenvalue weighted by atomic mass is 9.90. The van der Waals surface area contributed by atoms with E-state index >= 15 is 0 Å². The number of amides is 1. The lowest BCUT2D eigenvalue weighted by Gasteiger charge is -2.36. The maximum Gasteiger partial charge on any atom is 0.281 e. The van der Waals surface area contributed by atoms with E-state index < -0.39 is 26.8 Å². The fourth-order valence-corrected chi connectivity index (χ4v) is 5.00. The molecule has 0 spiro atoms. The van der Waals surface area contributed by atoms with E-state index in [1.54, 1.807) is 12.3 Å². The summed E-state index contributed by atoms with van der Waals surface area (Å²) in [5.41, 5.74) is -0.128. The highest BCUT2D eigenvalue weighted by Gasteiger charge is 2.40. The standard InChI is InChI=1S/C24H24ClFN4O4S/c1-15-12-14-30(24(15,2)3)22-16(7-6-13-27-22)23(31)29-35(32,33)20-11-5-10-19(28-20)34-18-9-4-8-17(25)21(18)26/h4-11,13,15H,12,14H2,1-3H3,(H,29,31). The van der Waals surface area contributed by atoms with Crippen LogP contribution in [0, 0.1) is 11.7 Å². The molecule has 184 valence electrons. The summed E-state index contributed by atoms with van der Waals surface area (Å²) < 4.78 is 47.5. The molecule has 0 radical (unpaired) electrons. The number of rotatable bonds is 6. The normalized spacial score (nSPS) is 17.3. The first kappa shape index (κ1) is 24.9. The number of aromatic nitrogens is 2. The Kier molecular flexibility index (Phi) is 6.70. The van der Waals surface area contributed by atoms with Crippen LogP contribution in [0.4, 0.5) is 10.2 Å². The zero-order valence-electron chi connectivity index (χ0n) is 19.3. The summed E-state index contributed by atoms with van der Waals surface area (Å²) in [6, 6.07) is 11.2. The third-order valence-corrected chi connectivity index (χ3v) is 7.83. The smallest absolute Gasteiger partial charge is 0.281 e. The number of carbonyl (C=O) groups is 1. The van der Waals surface area contributed by atoms with Crippen molar-refractivity contribution in [3.63, 3.8) is 0 Å². The van der Waals surface area contributed by atoms with Gasteiger partial charge in [-0.2, -0.15) is 13.4 Å². The Hall–Kier alpha value is -3.24. The molecule has 11 heteroatoms. The van der Waals surface area contributed by atoms with Crippen molar-refractivity contribution < 1.29 is 22.3 Å². The van der Waals surface area contributed by atoms with Crippen LogP contribution in [0.5, 0.6) is 11.6 Å². The van der Waals surface area contributed by atoms with Gasteiger partial charge in [-0.05, 0) is 56.5 Å². The van der Waals surface area contributed by atoms with Crippen molar-refractivity contribution in [2.24, 2.45) is 5.92 Å². The first-order valence-electron chi connectivity index (χ1n) is 10.9. The van der Waals surface area contributed by atoms with Crippen molar-refractivity contribution in [1.82, 2.24) is 14.7 Å². The van der Waals surface area contributed by atoms with Gasteiger partial charge < -0.3 is 9.64 Å². The van der Waals surface area contributed by atoms with Gasteiger partial charge in [-0.25, -0.2) is 14.1 Å². The molecule has 0 aliphatic carbocycles. The number of pyridine rings is 2. The topological polar surface area (TPSA) is 101 Å². The van der Waals surface area contributed by atoms with Crippen LogP contribution < -0.4 is 14.4 Å². The number of carbonyl (C=O) groups excluding carboxylic acids is 1. The van der Waals surface area contributed by atoms with Crippen LogP contribution in [0.3, 0.4) is 0 Å². The molecule has 2 aromatic heterocycles. The number of halogens is 2. The summed E-state index contributed by atoms with van der Waals surface area (Å²) in [5, 5.41) is -0.618. The Labute approximate surface area is 208 Å². The molecule has 1 fully saturated rings. The minimum atomic E-state index is -4.38. The molecule has 35 heavy (non-hydrogen) atoms. The van der Waals surface area contributed by atoms with Gasteiger partial charge in [-0.3, -0.25) is 4.79 Å². The van der Waals surface area contributed by atoms with E-state index in [0.717, 1.165) is 6.42 Å². The van der Waals surface area contributed by atoms with E-state index in [2.05, 4.69) is 35.5 Å². The number of benzene rings is 1. The van der Waals surface area contributed by atoms with Gasteiger partial charge in [0.1, 0.15) is 5.82 Å². The SMILES string of the molecule is CC1CCN(c2ncccc2C(=O)NS(=O)(=O)c2cccc(Oc3cccc(Cl)c3F)n2)C1(C)C. The predicted molar refractivity (Wildman–Crippen MR) is 130 cm³/mol. The van der Waals surface area contributed by atoms with Crippen molar-refractivity contribution in [2.45, 2.75) is 37.8 Å². The lowest BCUT2D eigenvalue weighted by molar-refractivity contribution is 0.0981. The summed E-state index contributed by atoms with van der Waals surface area (Å²) in [6.07, 6.45) is 2.49. The Morgan fingerprint density at radius 1 is 1.20 bits per heavy atom. The fraction of sp³-hybridized carbons (Fsp3) is 0.292. The van der Waals surface area contributed by atoms with Gasteiger partial charge in [0.25, 0.3) is 15.9 Å². The van der Waals surface area contributed by atoms with Crippen molar-refractivity contribution in [2.75, 3.05) is 11.4 Å². The van der Waals surface area contributed by atoms with Gasteiger partial charge in [0.15, 0.2) is 16.6 Å². The van der Waals surface area contributed by atoms with Gasteiger partial charge in [0.2, 0.25) is 5.88 Å². The van der Waals surface area contributed by atoms with Crippen LogP contribution in [0.2, 0.25) is 5.02 Å². The molecule has 0 saturated carbocycles. The number of nitrogens with one attached hydrogen (secondary N) is 1. The average Bonchev–Trinajstić information content (AvgIpc) is 3.09. The Balaban J connectivity index is 1.59. The molecule has 1 aromatic carbocycles. The zero-order valence-corrected chi connectivity index (χ0v) is 20.9. The second-order valence-electron chi connectivity index (χ2n) is 8.77. The van der Waals surface area contributed by atoms with Crippen LogP contribution in [0.25, 0.3) is 0 Å². The number of hydrogen-bond donors (Lipinski definition) is 1. The summed E-state index contributed by atoms with van der Waals surface area (Å²) in [5.74, 6) is -1.27. The first-order chi connectivity index (χ1) is 16.5. The van der Waals surface area contributed by atoms with Gasteiger partial charge in [0.05, 0.1) is 10.6 Å². The van der Waals surface area contributed by atoms with Crippen molar-refractivity contribution >= 4 is 33.3 Å².